The number of carbonyl (C=O) groups excluding carboxylic acids is 1. The van der Waals surface area contributed by atoms with E-state index >= 15 is 0 Å². The van der Waals surface area contributed by atoms with Gasteiger partial charge in [-0.3, -0.25) is 19.7 Å². The lowest BCUT2D eigenvalue weighted by molar-refractivity contribution is -0.140. The van der Waals surface area contributed by atoms with E-state index in [0.29, 0.717) is 18.5 Å². The van der Waals surface area contributed by atoms with Crippen LogP contribution >= 0.6 is 0 Å². The zero-order valence-electron chi connectivity index (χ0n) is 17.0. The molecule has 1 atom stereocenters. The summed E-state index contributed by atoms with van der Waals surface area (Å²) in [5.41, 5.74) is 3.84. The molecule has 2 fully saturated rings. The maximum absolute atomic E-state index is 12.6. The molecule has 0 bridgehead atoms. The van der Waals surface area contributed by atoms with Crippen molar-refractivity contribution in [1.82, 2.24) is 19.8 Å². The maximum atomic E-state index is 12.6. The Kier molecular flexibility index (Phi) is 5.59. The van der Waals surface area contributed by atoms with E-state index in [2.05, 4.69) is 20.9 Å². The molecular formula is C23H27N5O. The van der Waals surface area contributed by atoms with Crippen molar-refractivity contribution in [2.75, 3.05) is 19.6 Å². The lowest BCUT2D eigenvalue weighted by Crippen LogP contribution is -2.53. The molecule has 0 saturated carbocycles. The van der Waals surface area contributed by atoms with E-state index in [0.717, 1.165) is 50.4 Å². The highest BCUT2D eigenvalue weighted by Gasteiger charge is 2.41. The summed E-state index contributed by atoms with van der Waals surface area (Å²) in [5.74, 6) is 0.224. The molecule has 2 aliphatic heterocycles. The standard InChI is InChI=1S/C23H27N5O/c1-18-12-26-21(13-25-18)15-28-17-23(9-7-22(28)29)8-2-10-27(16-23)14-20-5-3-19(11-24)4-6-20/h3-6,12-13H,2,7-10,14-17H2,1H3/t23-/m1/s1. The van der Waals surface area contributed by atoms with Crippen LogP contribution in [0.5, 0.6) is 0 Å². The number of rotatable bonds is 4. The third-order valence-corrected chi connectivity index (χ3v) is 6.17. The summed E-state index contributed by atoms with van der Waals surface area (Å²) < 4.78 is 0. The molecule has 29 heavy (non-hydrogen) atoms. The average Bonchev–Trinajstić information content (AvgIpc) is 2.73. The second-order valence-electron chi connectivity index (χ2n) is 8.52. The van der Waals surface area contributed by atoms with Crippen molar-refractivity contribution in [3.05, 3.63) is 59.2 Å². The molecule has 6 heteroatoms. The number of carbonyl (C=O) groups is 1. The number of aryl methyl sites for hydroxylation is 1. The Bertz CT molecular complexity index is 902. The number of hydrogen-bond donors (Lipinski definition) is 0. The van der Waals surface area contributed by atoms with Gasteiger partial charge in [-0.2, -0.15) is 5.26 Å². The van der Waals surface area contributed by atoms with E-state index < -0.39 is 0 Å². The van der Waals surface area contributed by atoms with Crippen molar-refractivity contribution in [2.45, 2.75) is 45.7 Å². The summed E-state index contributed by atoms with van der Waals surface area (Å²) >= 11 is 0. The minimum atomic E-state index is 0.164. The summed E-state index contributed by atoms with van der Waals surface area (Å²) in [6.07, 6.45) is 7.44. The number of amides is 1. The summed E-state index contributed by atoms with van der Waals surface area (Å²) in [6, 6.07) is 10.0. The predicted octanol–water partition coefficient (Wildman–Crippen LogP) is 3.06. The number of piperidine rings is 2. The smallest absolute Gasteiger partial charge is 0.222 e. The first-order valence-corrected chi connectivity index (χ1v) is 10.3. The van der Waals surface area contributed by atoms with Gasteiger partial charge in [0.25, 0.3) is 0 Å². The van der Waals surface area contributed by atoms with Gasteiger partial charge in [-0.05, 0) is 50.4 Å². The largest absolute Gasteiger partial charge is 0.336 e. The van der Waals surface area contributed by atoms with E-state index in [4.69, 9.17) is 5.26 Å². The third kappa shape index (κ3) is 4.63. The van der Waals surface area contributed by atoms with Crippen LogP contribution in [0.4, 0.5) is 0 Å². The molecule has 0 aliphatic carbocycles. The van der Waals surface area contributed by atoms with Crippen molar-refractivity contribution in [3.63, 3.8) is 0 Å². The molecule has 3 heterocycles. The Morgan fingerprint density at radius 2 is 1.93 bits per heavy atom. The molecule has 1 aromatic heterocycles. The fourth-order valence-corrected chi connectivity index (χ4v) is 4.66. The van der Waals surface area contributed by atoms with Crippen molar-refractivity contribution in [2.24, 2.45) is 5.41 Å². The van der Waals surface area contributed by atoms with Crippen molar-refractivity contribution in [1.29, 1.82) is 5.26 Å². The molecule has 2 aromatic rings. The Labute approximate surface area is 172 Å². The number of benzene rings is 1. The van der Waals surface area contributed by atoms with Crippen LogP contribution in [-0.2, 0) is 17.9 Å². The lowest BCUT2D eigenvalue weighted by Gasteiger charge is -2.48. The minimum absolute atomic E-state index is 0.164. The summed E-state index contributed by atoms with van der Waals surface area (Å²) in [4.78, 5) is 25.8. The molecule has 1 aromatic carbocycles. The predicted molar refractivity (Wildman–Crippen MR) is 110 cm³/mol. The van der Waals surface area contributed by atoms with E-state index in [1.807, 2.05) is 36.1 Å². The van der Waals surface area contributed by atoms with Crippen LogP contribution in [0, 0.1) is 23.7 Å². The minimum Gasteiger partial charge on any atom is -0.336 e. The van der Waals surface area contributed by atoms with Crippen LogP contribution in [0.1, 0.15) is 48.2 Å². The normalized spacial score (nSPS) is 22.6. The first-order valence-electron chi connectivity index (χ1n) is 10.3. The fraction of sp³-hybridized carbons (Fsp3) is 0.478. The van der Waals surface area contributed by atoms with Crippen LogP contribution in [0.25, 0.3) is 0 Å². The first-order chi connectivity index (χ1) is 14.0. The molecule has 6 nitrogen and oxygen atoms in total. The molecule has 0 N–H and O–H groups in total. The van der Waals surface area contributed by atoms with Crippen LogP contribution in [0.15, 0.2) is 36.7 Å². The highest BCUT2D eigenvalue weighted by atomic mass is 16.2. The quantitative estimate of drug-likeness (QED) is 0.804. The van der Waals surface area contributed by atoms with Gasteiger partial charge in [-0.15, -0.1) is 0 Å². The highest BCUT2D eigenvalue weighted by Crippen LogP contribution is 2.39. The zero-order valence-corrected chi connectivity index (χ0v) is 17.0. The lowest BCUT2D eigenvalue weighted by atomic mass is 9.73. The number of aromatic nitrogens is 2. The van der Waals surface area contributed by atoms with E-state index in [9.17, 15) is 4.79 Å². The molecule has 2 aliphatic rings. The van der Waals surface area contributed by atoms with Gasteiger partial charge in [0.05, 0.1) is 35.8 Å². The Balaban J connectivity index is 1.42. The van der Waals surface area contributed by atoms with Gasteiger partial charge in [0.1, 0.15) is 0 Å². The van der Waals surface area contributed by atoms with Gasteiger partial charge in [0, 0.05) is 37.7 Å². The monoisotopic (exact) mass is 389 g/mol. The summed E-state index contributed by atoms with van der Waals surface area (Å²) in [7, 11) is 0. The molecule has 1 amide bonds. The number of nitriles is 1. The average molecular weight is 390 g/mol. The van der Waals surface area contributed by atoms with Crippen LogP contribution in [0.2, 0.25) is 0 Å². The fourth-order valence-electron chi connectivity index (χ4n) is 4.66. The Morgan fingerprint density at radius 1 is 1.10 bits per heavy atom. The van der Waals surface area contributed by atoms with Gasteiger partial charge >= 0.3 is 0 Å². The van der Waals surface area contributed by atoms with Crippen molar-refractivity contribution < 1.29 is 4.79 Å². The summed E-state index contributed by atoms with van der Waals surface area (Å²) in [5, 5.41) is 8.98. The van der Waals surface area contributed by atoms with Gasteiger partial charge < -0.3 is 4.90 Å². The molecule has 0 radical (unpaired) electrons. The van der Waals surface area contributed by atoms with E-state index in [1.165, 1.54) is 12.0 Å². The molecule has 2 saturated heterocycles. The van der Waals surface area contributed by atoms with Crippen LogP contribution < -0.4 is 0 Å². The number of nitrogens with zero attached hydrogens (tertiary/aromatic N) is 5. The topological polar surface area (TPSA) is 73.1 Å². The molecule has 0 unspecified atom stereocenters. The Morgan fingerprint density at radius 3 is 2.66 bits per heavy atom. The van der Waals surface area contributed by atoms with Gasteiger partial charge in [0.2, 0.25) is 5.91 Å². The molecule has 1 spiro atoms. The zero-order chi connectivity index (χ0) is 20.3. The van der Waals surface area contributed by atoms with E-state index in [1.54, 1.807) is 12.4 Å². The molecular weight excluding hydrogens is 362 g/mol. The first kappa shape index (κ1) is 19.5. The second-order valence-corrected chi connectivity index (χ2v) is 8.52. The summed E-state index contributed by atoms with van der Waals surface area (Å²) in [6.45, 7) is 6.25. The molecule has 4 rings (SSSR count). The van der Waals surface area contributed by atoms with Crippen molar-refractivity contribution in [3.8, 4) is 6.07 Å². The third-order valence-electron chi connectivity index (χ3n) is 6.17. The number of hydrogen-bond acceptors (Lipinski definition) is 5. The number of likely N-dealkylation sites (tertiary alicyclic amines) is 2. The SMILES string of the molecule is Cc1cnc(CN2C[C@]3(CCCN(Cc4ccc(C#N)cc4)C3)CCC2=O)cn1. The second kappa shape index (κ2) is 8.30. The van der Waals surface area contributed by atoms with Gasteiger partial charge in [0.15, 0.2) is 0 Å². The Hall–Kier alpha value is -2.78. The van der Waals surface area contributed by atoms with Crippen LogP contribution in [0.3, 0.4) is 0 Å². The van der Waals surface area contributed by atoms with Gasteiger partial charge in [-0.1, -0.05) is 12.1 Å². The maximum Gasteiger partial charge on any atom is 0.222 e. The van der Waals surface area contributed by atoms with Crippen LogP contribution in [-0.4, -0.2) is 45.3 Å². The van der Waals surface area contributed by atoms with E-state index in [-0.39, 0.29) is 11.3 Å². The van der Waals surface area contributed by atoms with Gasteiger partial charge in [-0.25, -0.2) is 0 Å². The molecule has 150 valence electrons. The highest BCUT2D eigenvalue weighted by molar-refractivity contribution is 5.77. The van der Waals surface area contributed by atoms with Crippen molar-refractivity contribution >= 4 is 5.91 Å².